The summed E-state index contributed by atoms with van der Waals surface area (Å²) >= 11 is 0. The molecule has 0 fully saturated rings. The van der Waals surface area contributed by atoms with E-state index in [0.29, 0.717) is 6.79 Å². The fraction of sp³-hybridized carbons (Fsp3) is 0.600. The van der Waals surface area contributed by atoms with Gasteiger partial charge in [-0.05, 0) is 50.4 Å². The predicted molar refractivity (Wildman–Crippen MR) is 74.7 cm³/mol. The molecule has 1 atom stereocenters. The van der Waals surface area contributed by atoms with E-state index >= 15 is 0 Å². The van der Waals surface area contributed by atoms with Crippen LogP contribution in [0.2, 0.25) is 0 Å². The molecule has 1 aliphatic heterocycles. The molecule has 2 N–H and O–H groups in total. The lowest BCUT2D eigenvalue weighted by Gasteiger charge is -2.30. The Morgan fingerprint density at radius 2 is 2.05 bits per heavy atom. The molecule has 0 saturated heterocycles. The summed E-state index contributed by atoms with van der Waals surface area (Å²) in [5.41, 5.74) is 1.23. The molecule has 0 saturated carbocycles. The molecule has 4 heteroatoms. The van der Waals surface area contributed by atoms with Gasteiger partial charge in [0.15, 0.2) is 11.5 Å². The van der Waals surface area contributed by atoms with E-state index < -0.39 is 0 Å². The molecule has 19 heavy (non-hydrogen) atoms. The van der Waals surface area contributed by atoms with Crippen molar-refractivity contribution >= 4 is 0 Å². The zero-order valence-corrected chi connectivity index (χ0v) is 11.7. The molecule has 1 unspecified atom stereocenters. The first-order valence-electron chi connectivity index (χ1n) is 6.91. The summed E-state index contributed by atoms with van der Waals surface area (Å²) in [6.07, 6.45) is 2.71. The van der Waals surface area contributed by atoms with Gasteiger partial charge in [-0.15, -0.1) is 0 Å². The van der Waals surface area contributed by atoms with Crippen molar-refractivity contribution in [3.63, 3.8) is 0 Å². The molecule has 0 spiro atoms. The maximum Gasteiger partial charge on any atom is 0.231 e. The quantitative estimate of drug-likeness (QED) is 0.792. The van der Waals surface area contributed by atoms with Crippen molar-refractivity contribution in [2.75, 3.05) is 19.9 Å². The van der Waals surface area contributed by atoms with Crippen LogP contribution in [0.25, 0.3) is 0 Å². The average Bonchev–Trinajstić information content (AvgIpc) is 2.84. The summed E-state index contributed by atoms with van der Waals surface area (Å²) in [5, 5.41) is 12.6. The number of hydrogen-bond donors (Lipinski definition) is 2. The van der Waals surface area contributed by atoms with E-state index in [-0.39, 0.29) is 12.1 Å². The number of nitrogens with one attached hydrogen (secondary N) is 1. The number of hydrogen-bond acceptors (Lipinski definition) is 4. The van der Waals surface area contributed by atoms with E-state index in [2.05, 4.69) is 25.2 Å². The highest BCUT2D eigenvalue weighted by molar-refractivity contribution is 5.44. The fourth-order valence-corrected chi connectivity index (χ4v) is 2.49. The van der Waals surface area contributed by atoms with E-state index in [1.165, 1.54) is 5.56 Å². The Hall–Kier alpha value is -1.26. The van der Waals surface area contributed by atoms with Crippen LogP contribution in [0, 0.1) is 0 Å². The summed E-state index contributed by atoms with van der Waals surface area (Å²) < 4.78 is 10.7. The smallest absolute Gasteiger partial charge is 0.231 e. The van der Waals surface area contributed by atoms with Crippen LogP contribution in [-0.4, -0.2) is 30.6 Å². The molecule has 0 aromatic heterocycles. The number of aliphatic hydroxyl groups excluding tert-OH is 1. The van der Waals surface area contributed by atoms with Gasteiger partial charge in [-0.2, -0.15) is 0 Å². The standard InChI is InChI=1S/C15H23NO3/c1-3-16-15(2,8-9-17)7-6-12-4-5-13-14(10-12)19-11-18-13/h4-5,10,16-17H,3,6-9,11H2,1-2H3. The van der Waals surface area contributed by atoms with Crippen LogP contribution < -0.4 is 14.8 Å². The van der Waals surface area contributed by atoms with E-state index in [1.807, 2.05) is 12.1 Å². The van der Waals surface area contributed by atoms with Crippen molar-refractivity contribution < 1.29 is 14.6 Å². The number of aryl methyl sites for hydroxylation is 1. The van der Waals surface area contributed by atoms with Crippen LogP contribution in [0.1, 0.15) is 32.3 Å². The van der Waals surface area contributed by atoms with Gasteiger partial charge in [0.2, 0.25) is 6.79 Å². The Balaban J connectivity index is 1.97. The molecule has 1 aliphatic rings. The van der Waals surface area contributed by atoms with Crippen LogP contribution in [-0.2, 0) is 6.42 Å². The maximum absolute atomic E-state index is 9.18. The van der Waals surface area contributed by atoms with Crippen molar-refractivity contribution in [2.24, 2.45) is 0 Å². The molecule has 4 nitrogen and oxygen atoms in total. The summed E-state index contributed by atoms with van der Waals surface area (Å²) in [6.45, 7) is 5.70. The minimum absolute atomic E-state index is 0.0140. The number of aliphatic hydroxyl groups is 1. The summed E-state index contributed by atoms with van der Waals surface area (Å²) in [6, 6.07) is 6.10. The molecule has 0 bridgehead atoms. The lowest BCUT2D eigenvalue weighted by Crippen LogP contribution is -2.43. The zero-order chi connectivity index (χ0) is 13.7. The first-order chi connectivity index (χ1) is 9.17. The highest BCUT2D eigenvalue weighted by atomic mass is 16.7. The molecule has 2 rings (SSSR count). The van der Waals surface area contributed by atoms with E-state index in [4.69, 9.17) is 9.47 Å². The monoisotopic (exact) mass is 265 g/mol. The second kappa shape index (κ2) is 6.26. The first kappa shape index (κ1) is 14.2. The Morgan fingerprint density at radius 3 is 2.79 bits per heavy atom. The highest BCUT2D eigenvalue weighted by Gasteiger charge is 2.22. The normalized spacial score (nSPS) is 16.4. The van der Waals surface area contributed by atoms with Gasteiger partial charge in [-0.1, -0.05) is 13.0 Å². The van der Waals surface area contributed by atoms with Crippen LogP contribution in [0.5, 0.6) is 11.5 Å². The van der Waals surface area contributed by atoms with Gasteiger partial charge in [-0.3, -0.25) is 0 Å². The minimum atomic E-state index is -0.0140. The predicted octanol–water partition coefficient (Wildman–Crippen LogP) is 2.10. The van der Waals surface area contributed by atoms with E-state index in [0.717, 1.165) is 37.3 Å². The summed E-state index contributed by atoms with van der Waals surface area (Å²) in [4.78, 5) is 0. The zero-order valence-electron chi connectivity index (χ0n) is 11.7. The van der Waals surface area contributed by atoms with Gasteiger partial charge in [0.1, 0.15) is 0 Å². The van der Waals surface area contributed by atoms with Gasteiger partial charge in [0, 0.05) is 12.1 Å². The molecule has 1 aromatic rings. The summed E-state index contributed by atoms with van der Waals surface area (Å²) in [5.74, 6) is 1.67. The van der Waals surface area contributed by atoms with Gasteiger partial charge in [-0.25, -0.2) is 0 Å². The Labute approximate surface area is 114 Å². The van der Waals surface area contributed by atoms with Gasteiger partial charge < -0.3 is 19.9 Å². The second-order valence-electron chi connectivity index (χ2n) is 5.25. The molecule has 1 aromatic carbocycles. The minimum Gasteiger partial charge on any atom is -0.454 e. The van der Waals surface area contributed by atoms with Crippen molar-refractivity contribution in [3.05, 3.63) is 23.8 Å². The average molecular weight is 265 g/mol. The number of benzene rings is 1. The lowest BCUT2D eigenvalue weighted by molar-refractivity contribution is 0.174. The summed E-state index contributed by atoms with van der Waals surface area (Å²) in [7, 11) is 0. The van der Waals surface area contributed by atoms with Gasteiger partial charge >= 0.3 is 0 Å². The van der Waals surface area contributed by atoms with Crippen LogP contribution in [0.3, 0.4) is 0 Å². The third-order valence-electron chi connectivity index (χ3n) is 3.67. The number of ether oxygens (including phenoxy) is 2. The molecular weight excluding hydrogens is 242 g/mol. The van der Waals surface area contributed by atoms with Crippen molar-refractivity contribution in [2.45, 2.75) is 38.6 Å². The van der Waals surface area contributed by atoms with Crippen LogP contribution in [0.15, 0.2) is 18.2 Å². The second-order valence-corrected chi connectivity index (χ2v) is 5.25. The highest BCUT2D eigenvalue weighted by Crippen LogP contribution is 2.33. The molecule has 0 amide bonds. The molecular formula is C15H23NO3. The topological polar surface area (TPSA) is 50.7 Å². The van der Waals surface area contributed by atoms with Crippen LogP contribution >= 0.6 is 0 Å². The van der Waals surface area contributed by atoms with E-state index in [1.54, 1.807) is 0 Å². The van der Waals surface area contributed by atoms with E-state index in [9.17, 15) is 5.11 Å². The Morgan fingerprint density at radius 1 is 1.26 bits per heavy atom. The third kappa shape index (κ3) is 3.61. The SMILES string of the molecule is CCNC(C)(CCO)CCc1ccc2c(c1)OCO2. The fourth-order valence-electron chi connectivity index (χ4n) is 2.49. The third-order valence-corrected chi connectivity index (χ3v) is 3.67. The van der Waals surface area contributed by atoms with Gasteiger partial charge in [0.05, 0.1) is 0 Å². The largest absolute Gasteiger partial charge is 0.454 e. The van der Waals surface area contributed by atoms with Crippen molar-refractivity contribution in [1.29, 1.82) is 0 Å². The Kier molecular flexibility index (Phi) is 4.66. The van der Waals surface area contributed by atoms with Crippen molar-refractivity contribution in [1.82, 2.24) is 5.32 Å². The Bertz CT molecular complexity index is 414. The van der Waals surface area contributed by atoms with Crippen LogP contribution in [0.4, 0.5) is 0 Å². The number of fused-ring (bicyclic) bond motifs is 1. The lowest BCUT2D eigenvalue weighted by atomic mass is 9.90. The maximum atomic E-state index is 9.18. The molecule has 1 heterocycles. The molecule has 0 aliphatic carbocycles. The van der Waals surface area contributed by atoms with Gasteiger partial charge in [0.25, 0.3) is 0 Å². The molecule has 0 radical (unpaired) electrons. The number of rotatable bonds is 7. The first-order valence-corrected chi connectivity index (χ1v) is 6.91. The molecule has 106 valence electrons. The van der Waals surface area contributed by atoms with Crippen molar-refractivity contribution in [3.8, 4) is 11.5 Å².